The number of ether oxygens (including phenoxy) is 1. The molecule has 18 heavy (non-hydrogen) atoms. The molecule has 0 amide bonds. The molecule has 3 unspecified atom stereocenters. The highest BCUT2D eigenvalue weighted by Gasteiger charge is 2.34. The second kappa shape index (κ2) is 5.77. The standard InChI is InChI=1S/C7H14O9S2/c1-5-2-6(3-14-17(8,9)10)16-7(5)4-15-18(11,12)13/h5-7H,2-4H2,1H3,(H,8,9,10)(H,11,12,13). The molecule has 0 bridgehead atoms. The first kappa shape index (κ1) is 15.8. The smallest absolute Gasteiger partial charge is 0.370 e. The van der Waals surface area contributed by atoms with Crippen LogP contribution in [-0.4, -0.2) is 51.4 Å². The number of hydrogen-bond acceptors (Lipinski definition) is 7. The molecule has 0 radical (unpaired) electrons. The van der Waals surface area contributed by atoms with Gasteiger partial charge in [-0.15, -0.1) is 0 Å². The van der Waals surface area contributed by atoms with Gasteiger partial charge < -0.3 is 4.74 Å². The highest BCUT2D eigenvalue weighted by molar-refractivity contribution is 7.81. The van der Waals surface area contributed by atoms with Crippen molar-refractivity contribution in [2.24, 2.45) is 5.92 Å². The van der Waals surface area contributed by atoms with Crippen LogP contribution in [0.2, 0.25) is 0 Å². The van der Waals surface area contributed by atoms with E-state index in [1.54, 1.807) is 6.92 Å². The third-order valence-corrected chi connectivity index (χ3v) is 3.29. The summed E-state index contributed by atoms with van der Waals surface area (Å²) in [6.45, 7) is 0.999. The lowest BCUT2D eigenvalue weighted by Gasteiger charge is -2.14. The fourth-order valence-corrected chi connectivity index (χ4v) is 2.26. The average molecular weight is 306 g/mol. The minimum atomic E-state index is -4.54. The van der Waals surface area contributed by atoms with Gasteiger partial charge in [-0.25, -0.2) is 8.37 Å². The molecule has 2 N–H and O–H groups in total. The van der Waals surface area contributed by atoms with Crippen LogP contribution in [-0.2, 0) is 33.9 Å². The Bertz CT molecular complexity index is 467. The van der Waals surface area contributed by atoms with Crippen LogP contribution in [0.1, 0.15) is 13.3 Å². The fraction of sp³-hybridized carbons (Fsp3) is 1.00. The molecular formula is C7H14O9S2. The molecule has 1 rings (SSSR count). The molecule has 0 saturated carbocycles. The van der Waals surface area contributed by atoms with E-state index in [0.717, 1.165) is 0 Å². The van der Waals surface area contributed by atoms with Gasteiger partial charge in [0.25, 0.3) is 0 Å². The predicted octanol–water partition coefficient (Wildman–Crippen LogP) is -0.581. The van der Waals surface area contributed by atoms with Gasteiger partial charge in [-0.05, 0) is 12.3 Å². The van der Waals surface area contributed by atoms with Crippen molar-refractivity contribution in [3.8, 4) is 0 Å². The van der Waals surface area contributed by atoms with Crippen LogP contribution in [0.4, 0.5) is 0 Å². The van der Waals surface area contributed by atoms with E-state index in [1.165, 1.54) is 0 Å². The minimum Gasteiger partial charge on any atom is -0.370 e. The summed E-state index contributed by atoms with van der Waals surface area (Å²) >= 11 is 0. The van der Waals surface area contributed by atoms with Crippen molar-refractivity contribution in [2.45, 2.75) is 25.6 Å². The van der Waals surface area contributed by atoms with E-state index in [-0.39, 0.29) is 19.1 Å². The Kier molecular flexibility index (Phi) is 5.05. The van der Waals surface area contributed by atoms with Crippen molar-refractivity contribution in [1.82, 2.24) is 0 Å². The summed E-state index contributed by atoms with van der Waals surface area (Å²) < 4.78 is 71.8. The molecule has 0 aromatic heterocycles. The molecule has 9 nitrogen and oxygen atoms in total. The summed E-state index contributed by atoms with van der Waals surface area (Å²) in [6.07, 6.45) is -0.798. The van der Waals surface area contributed by atoms with Crippen LogP contribution in [0.5, 0.6) is 0 Å². The number of hydrogen-bond donors (Lipinski definition) is 2. The van der Waals surface area contributed by atoms with Gasteiger partial charge in [0.1, 0.15) is 0 Å². The Morgan fingerprint density at radius 2 is 1.61 bits per heavy atom. The van der Waals surface area contributed by atoms with Gasteiger partial charge in [-0.3, -0.25) is 9.11 Å². The summed E-state index contributed by atoms with van der Waals surface area (Å²) in [6, 6.07) is 0. The third kappa shape index (κ3) is 6.04. The van der Waals surface area contributed by atoms with E-state index in [9.17, 15) is 16.8 Å². The molecule has 0 spiro atoms. The average Bonchev–Trinajstić information content (AvgIpc) is 2.51. The van der Waals surface area contributed by atoms with Gasteiger partial charge in [0.2, 0.25) is 0 Å². The molecule has 1 aliphatic heterocycles. The summed E-state index contributed by atoms with van der Waals surface area (Å²) in [7, 11) is -9.06. The molecule has 1 aliphatic rings. The zero-order chi connectivity index (χ0) is 14.0. The van der Waals surface area contributed by atoms with E-state index in [1.807, 2.05) is 0 Å². The molecule has 11 heteroatoms. The van der Waals surface area contributed by atoms with E-state index in [2.05, 4.69) is 8.37 Å². The maximum Gasteiger partial charge on any atom is 0.397 e. The molecule has 1 heterocycles. The van der Waals surface area contributed by atoms with Crippen molar-refractivity contribution in [3.05, 3.63) is 0 Å². The lowest BCUT2D eigenvalue weighted by atomic mass is 10.0. The number of rotatable bonds is 6. The van der Waals surface area contributed by atoms with Crippen molar-refractivity contribution in [2.75, 3.05) is 13.2 Å². The van der Waals surface area contributed by atoms with Crippen LogP contribution in [0.25, 0.3) is 0 Å². The lowest BCUT2D eigenvalue weighted by Crippen LogP contribution is -2.24. The van der Waals surface area contributed by atoms with Gasteiger partial charge in [0, 0.05) is 0 Å². The van der Waals surface area contributed by atoms with E-state index in [4.69, 9.17) is 13.8 Å². The van der Waals surface area contributed by atoms with Crippen LogP contribution in [0.15, 0.2) is 0 Å². The highest BCUT2D eigenvalue weighted by atomic mass is 32.3. The molecule has 108 valence electrons. The van der Waals surface area contributed by atoms with E-state index in [0.29, 0.717) is 6.42 Å². The first-order chi connectivity index (χ1) is 8.07. The lowest BCUT2D eigenvalue weighted by molar-refractivity contribution is -0.0109. The van der Waals surface area contributed by atoms with Crippen LogP contribution < -0.4 is 0 Å². The third-order valence-electron chi connectivity index (χ3n) is 2.42. The Hall–Kier alpha value is -0.300. The van der Waals surface area contributed by atoms with Gasteiger partial charge in [0.05, 0.1) is 25.4 Å². The Morgan fingerprint density at radius 1 is 1.11 bits per heavy atom. The Balaban J connectivity index is 2.42. The first-order valence-electron chi connectivity index (χ1n) is 4.96. The summed E-state index contributed by atoms with van der Waals surface area (Å²) in [5.74, 6) is -0.109. The second-order valence-corrected chi connectivity index (χ2v) is 6.12. The predicted molar refractivity (Wildman–Crippen MR) is 57.4 cm³/mol. The second-order valence-electron chi connectivity index (χ2n) is 3.93. The molecule has 0 aromatic carbocycles. The maximum atomic E-state index is 10.4. The van der Waals surface area contributed by atoms with Crippen molar-refractivity contribution >= 4 is 20.8 Å². The van der Waals surface area contributed by atoms with E-state index < -0.39 is 33.0 Å². The van der Waals surface area contributed by atoms with Gasteiger partial charge in [0.15, 0.2) is 0 Å². The quantitative estimate of drug-likeness (QED) is 0.617. The van der Waals surface area contributed by atoms with E-state index >= 15 is 0 Å². The summed E-state index contributed by atoms with van der Waals surface area (Å²) in [4.78, 5) is 0. The van der Waals surface area contributed by atoms with Crippen LogP contribution >= 0.6 is 0 Å². The summed E-state index contributed by atoms with van der Waals surface area (Å²) in [5, 5.41) is 0. The fourth-order valence-electron chi connectivity index (χ4n) is 1.63. The van der Waals surface area contributed by atoms with Crippen LogP contribution in [0.3, 0.4) is 0 Å². The SMILES string of the molecule is CC1CC(COS(=O)(=O)O)OC1COS(=O)(=O)O. The monoisotopic (exact) mass is 306 g/mol. The van der Waals surface area contributed by atoms with Gasteiger partial charge >= 0.3 is 20.8 Å². The largest absolute Gasteiger partial charge is 0.397 e. The summed E-state index contributed by atoms with van der Waals surface area (Å²) in [5.41, 5.74) is 0. The Morgan fingerprint density at radius 3 is 2.11 bits per heavy atom. The molecule has 0 aliphatic carbocycles. The molecule has 1 saturated heterocycles. The van der Waals surface area contributed by atoms with Crippen molar-refractivity contribution < 1.29 is 39.0 Å². The molecule has 1 fully saturated rings. The zero-order valence-electron chi connectivity index (χ0n) is 9.42. The topological polar surface area (TPSA) is 136 Å². The maximum absolute atomic E-state index is 10.4. The Labute approximate surface area is 105 Å². The van der Waals surface area contributed by atoms with Crippen LogP contribution in [0, 0.1) is 5.92 Å². The van der Waals surface area contributed by atoms with Gasteiger partial charge in [-0.1, -0.05) is 6.92 Å². The van der Waals surface area contributed by atoms with Crippen molar-refractivity contribution in [3.63, 3.8) is 0 Å². The molecule has 0 aromatic rings. The molecular weight excluding hydrogens is 292 g/mol. The molecule has 3 atom stereocenters. The minimum absolute atomic E-state index is 0.109. The van der Waals surface area contributed by atoms with Gasteiger partial charge in [-0.2, -0.15) is 16.8 Å². The normalized spacial score (nSPS) is 29.6. The first-order valence-corrected chi connectivity index (χ1v) is 7.69. The zero-order valence-corrected chi connectivity index (χ0v) is 11.1. The van der Waals surface area contributed by atoms with Crippen molar-refractivity contribution in [1.29, 1.82) is 0 Å². The highest BCUT2D eigenvalue weighted by Crippen LogP contribution is 2.27.